The van der Waals surface area contributed by atoms with Gasteiger partial charge in [-0.2, -0.15) is 4.31 Å². The number of rotatable bonds is 8. The van der Waals surface area contributed by atoms with Crippen molar-refractivity contribution in [1.82, 2.24) is 4.31 Å². The predicted octanol–water partition coefficient (Wildman–Crippen LogP) is 3.30. The van der Waals surface area contributed by atoms with Gasteiger partial charge in [-0.3, -0.25) is 4.79 Å². The smallest absolute Gasteiger partial charge is 0.262 e. The Hall–Kier alpha value is -2.58. The van der Waals surface area contributed by atoms with Crippen LogP contribution in [0.3, 0.4) is 0 Å². The van der Waals surface area contributed by atoms with Crippen LogP contribution in [0.5, 0.6) is 5.75 Å². The fourth-order valence-corrected chi connectivity index (χ4v) is 4.41. The highest BCUT2D eigenvalue weighted by atomic mass is 32.2. The van der Waals surface area contributed by atoms with Crippen LogP contribution in [0.2, 0.25) is 0 Å². The quantitative estimate of drug-likeness (QED) is 0.675. The second-order valence-electron chi connectivity index (χ2n) is 7.88. The number of hydrogen-bond donors (Lipinski definition) is 1. The number of hydrogen-bond acceptors (Lipinski definition) is 5. The molecule has 1 aliphatic heterocycles. The van der Waals surface area contributed by atoms with Gasteiger partial charge in [-0.15, -0.1) is 0 Å². The van der Waals surface area contributed by atoms with Crippen molar-refractivity contribution in [3.05, 3.63) is 54.1 Å². The lowest BCUT2D eigenvalue weighted by atomic mass is 9.99. The van der Waals surface area contributed by atoms with E-state index in [9.17, 15) is 13.2 Å². The van der Waals surface area contributed by atoms with Crippen LogP contribution in [0.25, 0.3) is 0 Å². The van der Waals surface area contributed by atoms with Crippen LogP contribution in [0.15, 0.2) is 48.5 Å². The minimum Gasteiger partial charge on any atom is -0.484 e. The summed E-state index contributed by atoms with van der Waals surface area (Å²) < 4.78 is 30.6. The molecule has 168 valence electrons. The Morgan fingerprint density at radius 2 is 1.71 bits per heavy atom. The SMILES string of the molecule is CCC(C)c1ccc(OCC(=O)Nc2ccccc2N2CCN(S(C)(=O)=O)CC2)cc1. The summed E-state index contributed by atoms with van der Waals surface area (Å²) in [5, 5.41) is 2.92. The molecule has 31 heavy (non-hydrogen) atoms. The van der Waals surface area contributed by atoms with Crippen LogP contribution < -0.4 is 15.0 Å². The second kappa shape index (κ2) is 10.2. The van der Waals surface area contributed by atoms with E-state index in [1.807, 2.05) is 48.5 Å². The molecule has 0 aliphatic carbocycles. The Morgan fingerprint density at radius 3 is 2.32 bits per heavy atom. The molecule has 0 radical (unpaired) electrons. The number of benzene rings is 2. The van der Waals surface area contributed by atoms with Gasteiger partial charge >= 0.3 is 0 Å². The average molecular weight is 446 g/mol. The summed E-state index contributed by atoms with van der Waals surface area (Å²) in [4.78, 5) is 14.6. The monoisotopic (exact) mass is 445 g/mol. The molecule has 8 heteroatoms. The van der Waals surface area contributed by atoms with E-state index in [4.69, 9.17) is 4.74 Å². The maximum atomic E-state index is 12.5. The number of ether oxygens (including phenoxy) is 1. The van der Waals surface area contributed by atoms with Crippen molar-refractivity contribution >= 4 is 27.3 Å². The van der Waals surface area contributed by atoms with Gasteiger partial charge in [-0.1, -0.05) is 38.1 Å². The van der Waals surface area contributed by atoms with Gasteiger partial charge in [0.05, 0.1) is 17.6 Å². The van der Waals surface area contributed by atoms with E-state index in [0.29, 0.717) is 43.5 Å². The third-order valence-electron chi connectivity index (χ3n) is 5.66. The molecular weight excluding hydrogens is 414 g/mol. The van der Waals surface area contributed by atoms with Gasteiger partial charge in [0.25, 0.3) is 5.91 Å². The number of para-hydroxylation sites is 2. The van der Waals surface area contributed by atoms with Crippen molar-refractivity contribution in [3.63, 3.8) is 0 Å². The van der Waals surface area contributed by atoms with Crippen molar-refractivity contribution in [1.29, 1.82) is 0 Å². The van der Waals surface area contributed by atoms with Gasteiger partial charge in [-0.05, 0) is 42.2 Å². The van der Waals surface area contributed by atoms with Crippen molar-refractivity contribution in [3.8, 4) is 5.75 Å². The average Bonchev–Trinajstić information content (AvgIpc) is 2.77. The summed E-state index contributed by atoms with van der Waals surface area (Å²) in [5.41, 5.74) is 2.82. The van der Waals surface area contributed by atoms with Crippen LogP contribution in [-0.4, -0.2) is 57.7 Å². The highest BCUT2D eigenvalue weighted by molar-refractivity contribution is 7.88. The van der Waals surface area contributed by atoms with Crippen molar-refractivity contribution in [2.75, 3.05) is 49.3 Å². The van der Waals surface area contributed by atoms with Crippen LogP contribution >= 0.6 is 0 Å². The van der Waals surface area contributed by atoms with E-state index in [2.05, 4.69) is 24.1 Å². The van der Waals surface area contributed by atoms with Crippen LogP contribution in [-0.2, 0) is 14.8 Å². The van der Waals surface area contributed by atoms with E-state index in [1.165, 1.54) is 16.1 Å². The molecule has 1 atom stereocenters. The van der Waals surface area contributed by atoms with E-state index < -0.39 is 10.0 Å². The molecular formula is C23H31N3O4S. The molecule has 0 bridgehead atoms. The second-order valence-corrected chi connectivity index (χ2v) is 9.86. The summed E-state index contributed by atoms with van der Waals surface area (Å²) in [6, 6.07) is 15.4. The van der Waals surface area contributed by atoms with Gasteiger partial charge in [0.1, 0.15) is 5.75 Å². The van der Waals surface area contributed by atoms with E-state index in [-0.39, 0.29) is 12.5 Å². The number of nitrogens with zero attached hydrogens (tertiary/aromatic N) is 2. The Bertz CT molecular complexity index is 984. The molecule has 2 aromatic carbocycles. The molecule has 0 saturated carbocycles. The van der Waals surface area contributed by atoms with Crippen molar-refractivity contribution in [2.45, 2.75) is 26.2 Å². The number of sulfonamides is 1. The maximum absolute atomic E-state index is 12.5. The highest BCUT2D eigenvalue weighted by Gasteiger charge is 2.24. The lowest BCUT2D eigenvalue weighted by Crippen LogP contribution is -2.48. The zero-order chi connectivity index (χ0) is 22.4. The Labute approximate surface area is 185 Å². The number of piperazine rings is 1. The van der Waals surface area contributed by atoms with Gasteiger partial charge in [0.2, 0.25) is 10.0 Å². The number of carbonyl (C=O) groups excluding carboxylic acids is 1. The first-order valence-electron chi connectivity index (χ1n) is 10.6. The lowest BCUT2D eigenvalue weighted by molar-refractivity contribution is -0.118. The van der Waals surface area contributed by atoms with Gasteiger partial charge in [0.15, 0.2) is 6.61 Å². The summed E-state index contributed by atoms with van der Waals surface area (Å²) in [6.07, 6.45) is 2.31. The molecule has 1 amide bonds. The molecule has 1 aliphatic rings. The topological polar surface area (TPSA) is 79.0 Å². The Balaban J connectivity index is 1.57. The molecule has 1 unspecified atom stereocenters. The first-order chi connectivity index (χ1) is 14.8. The molecule has 2 aromatic rings. The molecule has 3 rings (SSSR count). The van der Waals surface area contributed by atoms with Gasteiger partial charge < -0.3 is 15.0 Å². The Kier molecular flexibility index (Phi) is 7.56. The number of anilines is 2. The Morgan fingerprint density at radius 1 is 1.06 bits per heavy atom. The van der Waals surface area contributed by atoms with E-state index in [0.717, 1.165) is 12.1 Å². The largest absolute Gasteiger partial charge is 0.484 e. The molecule has 7 nitrogen and oxygen atoms in total. The van der Waals surface area contributed by atoms with Gasteiger partial charge in [0, 0.05) is 26.2 Å². The number of amides is 1. The van der Waals surface area contributed by atoms with Crippen molar-refractivity contribution < 1.29 is 17.9 Å². The molecule has 0 spiro atoms. The van der Waals surface area contributed by atoms with Gasteiger partial charge in [-0.25, -0.2) is 8.42 Å². The molecule has 1 saturated heterocycles. The fraction of sp³-hybridized carbons (Fsp3) is 0.435. The minimum atomic E-state index is -3.18. The first-order valence-corrected chi connectivity index (χ1v) is 12.4. The van der Waals surface area contributed by atoms with E-state index >= 15 is 0 Å². The number of nitrogens with one attached hydrogen (secondary N) is 1. The molecule has 1 N–H and O–H groups in total. The van der Waals surface area contributed by atoms with Crippen molar-refractivity contribution in [2.24, 2.45) is 0 Å². The zero-order valence-corrected chi connectivity index (χ0v) is 19.2. The third-order valence-corrected chi connectivity index (χ3v) is 6.96. The van der Waals surface area contributed by atoms with Crippen LogP contribution in [0, 0.1) is 0 Å². The standard InChI is InChI=1S/C23H31N3O4S/c1-4-18(2)19-9-11-20(12-10-19)30-17-23(27)24-21-7-5-6-8-22(21)25-13-15-26(16-14-25)31(3,28)29/h5-12,18H,4,13-17H2,1-3H3,(H,24,27). The summed E-state index contributed by atoms with van der Waals surface area (Å²) in [6.45, 7) is 6.25. The number of carbonyl (C=O) groups is 1. The lowest BCUT2D eigenvalue weighted by Gasteiger charge is -2.35. The normalized spacial score (nSPS) is 16.0. The van der Waals surface area contributed by atoms with E-state index in [1.54, 1.807) is 0 Å². The van der Waals surface area contributed by atoms with Crippen LogP contribution in [0.1, 0.15) is 31.7 Å². The van der Waals surface area contributed by atoms with Crippen LogP contribution in [0.4, 0.5) is 11.4 Å². The first kappa shape index (κ1) is 23.1. The predicted molar refractivity (Wildman–Crippen MR) is 124 cm³/mol. The maximum Gasteiger partial charge on any atom is 0.262 e. The third kappa shape index (κ3) is 6.21. The fourth-order valence-electron chi connectivity index (χ4n) is 3.58. The molecule has 0 aromatic heterocycles. The summed E-state index contributed by atoms with van der Waals surface area (Å²) in [5.74, 6) is 0.911. The molecule has 1 fully saturated rings. The minimum absolute atomic E-state index is 0.0845. The zero-order valence-electron chi connectivity index (χ0n) is 18.4. The summed E-state index contributed by atoms with van der Waals surface area (Å²) in [7, 11) is -3.18. The summed E-state index contributed by atoms with van der Waals surface area (Å²) >= 11 is 0. The molecule has 1 heterocycles. The highest BCUT2D eigenvalue weighted by Crippen LogP contribution is 2.27.